The minimum absolute atomic E-state index is 0.142. The molecular formula is C15H16ClN3O4S2. The van der Waals surface area contributed by atoms with Crippen molar-refractivity contribution in [2.24, 2.45) is 5.14 Å². The Balaban J connectivity index is 2.06. The number of benzene rings is 2. The monoisotopic (exact) mass is 401 g/mol. The van der Waals surface area contributed by atoms with E-state index in [9.17, 15) is 16.8 Å². The van der Waals surface area contributed by atoms with Crippen molar-refractivity contribution in [3.8, 4) is 0 Å². The van der Waals surface area contributed by atoms with E-state index in [-0.39, 0.29) is 21.5 Å². The van der Waals surface area contributed by atoms with Gasteiger partial charge in [-0.2, -0.15) is 4.72 Å². The molecule has 3 rings (SSSR count). The van der Waals surface area contributed by atoms with Crippen LogP contribution in [0.1, 0.15) is 18.4 Å². The molecule has 7 nitrogen and oxygen atoms in total. The number of hydrogen-bond donors (Lipinski definition) is 3. The molecule has 0 unspecified atom stereocenters. The quantitative estimate of drug-likeness (QED) is 0.724. The van der Waals surface area contributed by atoms with Crippen LogP contribution in [0.15, 0.2) is 52.3 Å². The molecule has 0 aliphatic carbocycles. The number of rotatable bonds is 3. The Labute approximate surface area is 151 Å². The summed E-state index contributed by atoms with van der Waals surface area (Å²) in [5.74, 6) is -0.180. The highest BCUT2D eigenvalue weighted by molar-refractivity contribution is 7.90. The molecule has 0 radical (unpaired) electrons. The van der Waals surface area contributed by atoms with Gasteiger partial charge >= 0.3 is 0 Å². The molecule has 134 valence electrons. The van der Waals surface area contributed by atoms with Gasteiger partial charge in [-0.1, -0.05) is 48.9 Å². The summed E-state index contributed by atoms with van der Waals surface area (Å²) in [6.45, 7) is 1.88. The van der Waals surface area contributed by atoms with Crippen LogP contribution in [0.3, 0.4) is 0 Å². The number of nitrogens with one attached hydrogen (secondary N) is 2. The molecule has 1 heterocycles. The molecule has 2 atom stereocenters. The van der Waals surface area contributed by atoms with Crippen molar-refractivity contribution >= 4 is 37.3 Å². The smallest absolute Gasteiger partial charge is 0.244 e. The molecule has 1 aliphatic heterocycles. The van der Waals surface area contributed by atoms with Crippen LogP contribution in [-0.2, 0) is 20.0 Å². The van der Waals surface area contributed by atoms with Gasteiger partial charge in [-0.3, -0.25) is 0 Å². The van der Waals surface area contributed by atoms with Crippen LogP contribution in [0, 0.1) is 0 Å². The van der Waals surface area contributed by atoms with Crippen molar-refractivity contribution in [1.29, 1.82) is 0 Å². The van der Waals surface area contributed by atoms with E-state index < -0.39 is 31.1 Å². The van der Waals surface area contributed by atoms with Gasteiger partial charge in [0, 0.05) is 5.92 Å². The Morgan fingerprint density at radius 3 is 2.44 bits per heavy atom. The number of halogens is 1. The number of sulfonamides is 2. The summed E-state index contributed by atoms with van der Waals surface area (Å²) in [6.07, 6.45) is -0.615. The van der Waals surface area contributed by atoms with Gasteiger partial charge in [-0.25, -0.2) is 22.0 Å². The molecule has 0 bridgehead atoms. The summed E-state index contributed by atoms with van der Waals surface area (Å²) in [5, 5.41) is 8.00. The molecule has 0 saturated carbocycles. The SMILES string of the molecule is C[C@H](c1ccccc1)[C@H]1Nc2cc(Cl)c(S(N)(=O)=O)cc2S(=O)(=O)N1. The van der Waals surface area contributed by atoms with Gasteiger partial charge in [0.1, 0.15) is 9.79 Å². The molecule has 4 N–H and O–H groups in total. The molecule has 1 aliphatic rings. The van der Waals surface area contributed by atoms with Crippen LogP contribution in [0.25, 0.3) is 0 Å². The summed E-state index contributed by atoms with van der Waals surface area (Å²) in [5.41, 5.74) is 1.17. The number of hydrogen-bond acceptors (Lipinski definition) is 5. The number of fused-ring (bicyclic) bond motifs is 1. The number of primary sulfonamides is 1. The van der Waals surface area contributed by atoms with Crippen LogP contribution >= 0.6 is 11.6 Å². The third-order valence-electron chi connectivity index (χ3n) is 4.05. The first-order chi connectivity index (χ1) is 11.6. The zero-order valence-corrected chi connectivity index (χ0v) is 15.5. The maximum atomic E-state index is 12.6. The minimum Gasteiger partial charge on any atom is -0.367 e. The van der Waals surface area contributed by atoms with E-state index >= 15 is 0 Å². The highest BCUT2D eigenvalue weighted by atomic mass is 35.5. The standard InChI is InChI=1S/C15H16ClN3O4S2/c1-9(10-5-3-2-4-6-10)15-18-12-7-11(16)13(24(17,20)21)8-14(12)25(22,23)19-15/h2-9,15,18-19H,1H3,(H2,17,20,21)/t9-,15+/m1/s1. The van der Waals surface area contributed by atoms with Crippen LogP contribution in [0.5, 0.6) is 0 Å². The normalized spacial score (nSPS) is 20.4. The Kier molecular flexibility index (Phi) is 4.54. The van der Waals surface area contributed by atoms with Gasteiger partial charge in [0.15, 0.2) is 0 Å². The first-order valence-corrected chi connectivity index (χ1v) is 10.7. The van der Waals surface area contributed by atoms with E-state index in [1.807, 2.05) is 37.3 Å². The van der Waals surface area contributed by atoms with E-state index in [0.717, 1.165) is 11.6 Å². The lowest BCUT2D eigenvalue weighted by Gasteiger charge is -2.32. The maximum absolute atomic E-state index is 12.6. The average Bonchev–Trinajstić information content (AvgIpc) is 2.52. The topological polar surface area (TPSA) is 118 Å². The van der Waals surface area contributed by atoms with Crippen molar-refractivity contribution in [2.45, 2.75) is 28.8 Å². The van der Waals surface area contributed by atoms with Crippen molar-refractivity contribution in [2.75, 3.05) is 5.32 Å². The second-order valence-electron chi connectivity index (χ2n) is 5.77. The molecule has 0 fully saturated rings. The molecule has 0 spiro atoms. The van der Waals surface area contributed by atoms with Crippen LogP contribution in [-0.4, -0.2) is 23.0 Å². The summed E-state index contributed by atoms with van der Waals surface area (Å²) < 4.78 is 50.8. The number of nitrogens with two attached hydrogens (primary N) is 1. The Morgan fingerprint density at radius 2 is 1.84 bits per heavy atom. The first-order valence-electron chi connectivity index (χ1n) is 7.30. The predicted octanol–water partition coefficient (Wildman–Crippen LogP) is 1.82. The van der Waals surface area contributed by atoms with Gasteiger partial charge in [0.05, 0.1) is 16.9 Å². The lowest BCUT2D eigenvalue weighted by molar-refractivity contribution is 0.523. The van der Waals surface area contributed by atoms with E-state index in [4.69, 9.17) is 16.7 Å². The van der Waals surface area contributed by atoms with Gasteiger partial charge in [-0.05, 0) is 17.7 Å². The lowest BCUT2D eigenvalue weighted by atomic mass is 9.98. The molecule has 0 aromatic heterocycles. The summed E-state index contributed by atoms with van der Waals surface area (Å²) in [7, 11) is -8.08. The van der Waals surface area contributed by atoms with Gasteiger partial charge < -0.3 is 5.32 Å². The molecule has 0 amide bonds. The van der Waals surface area contributed by atoms with Crippen molar-refractivity contribution in [3.05, 3.63) is 53.1 Å². The first kappa shape index (κ1) is 18.2. The fourth-order valence-electron chi connectivity index (χ4n) is 2.69. The number of anilines is 1. The fraction of sp³-hybridized carbons (Fsp3) is 0.200. The largest absolute Gasteiger partial charge is 0.367 e. The highest BCUT2D eigenvalue weighted by Gasteiger charge is 2.34. The van der Waals surface area contributed by atoms with Crippen LogP contribution < -0.4 is 15.2 Å². The van der Waals surface area contributed by atoms with E-state index in [1.165, 1.54) is 6.07 Å². The molecule has 10 heteroatoms. The average molecular weight is 402 g/mol. The minimum atomic E-state index is -4.14. The zero-order chi connectivity index (χ0) is 18.4. The van der Waals surface area contributed by atoms with Gasteiger partial charge in [0.2, 0.25) is 20.0 Å². The third-order valence-corrected chi connectivity index (χ3v) is 6.91. The molecular weight excluding hydrogens is 386 g/mol. The van der Waals surface area contributed by atoms with Crippen molar-refractivity contribution < 1.29 is 16.8 Å². The second kappa shape index (κ2) is 6.26. The summed E-state index contributed by atoms with van der Waals surface area (Å²) in [4.78, 5) is -0.646. The van der Waals surface area contributed by atoms with E-state index in [2.05, 4.69) is 10.0 Å². The third kappa shape index (κ3) is 3.51. The van der Waals surface area contributed by atoms with Crippen LogP contribution in [0.2, 0.25) is 5.02 Å². The van der Waals surface area contributed by atoms with Crippen molar-refractivity contribution in [1.82, 2.24) is 4.72 Å². The summed E-state index contributed by atoms with van der Waals surface area (Å²) in [6, 6.07) is 11.6. The molecule has 2 aromatic rings. The Bertz CT molecular complexity index is 1020. The Hall–Kier alpha value is -1.65. The summed E-state index contributed by atoms with van der Waals surface area (Å²) >= 11 is 5.97. The second-order valence-corrected chi connectivity index (χ2v) is 9.39. The Morgan fingerprint density at radius 1 is 1.20 bits per heavy atom. The lowest BCUT2D eigenvalue weighted by Crippen LogP contribution is -2.47. The fourth-order valence-corrected chi connectivity index (χ4v) is 5.27. The maximum Gasteiger partial charge on any atom is 0.244 e. The van der Waals surface area contributed by atoms with E-state index in [1.54, 1.807) is 0 Å². The van der Waals surface area contributed by atoms with Crippen LogP contribution in [0.4, 0.5) is 5.69 Å². The van der Waals surface area contributed by atoms with Crippen molar-refractivity contribution in [3.63, 3.8) is 0 Å². The predicted molar refractivity (Wildman–Crippen MR) is 95.4 cm³/mol. The molecule has 0 saturated heterocycles. The zero-order valence-electron chi connectivity index (χ0n) is 13.1. The van der Waals surface area contributed by atoms with E-state index in [0.29, 0.717) is 0 Å². The molecule has 25 heavy (non-hydrogen) atoms. The van der Waals surface area contributed by atoms with Gasteiger partial charge in [-0.15, -0.1) is 0 Å². The highest BCUT2D eigenvalue weighted by Crippen LogP contribution is 2.35. The molecule has 2 aromatic carbocycles. The van der Waals surface area contributed by atoms with Gasteiger partial charge in [0.25, 0.3) is 0 Å².